The number of hydrogen-bond acceptors (Lipinski definition) is 3. The van der Waals surface area contributed by atoms with Crippen LogP contribution in [0.1, 0.15) is 92.9 Å². The Morgan fingerprint density at radius 3 is 1.39 bits per heavy atom. The van der Waals surface area contributed by atoms with Gasteiger partial charge in [0.25, 0.3) is 0 Å². The van der Waals surface area contributed by atoms with E-state index in [4.69, 9.17) is 5.14 Å². The van der Waals surface area contributed by atoms with Gasteiger partial charge in [0.1, 0.15) is 17.3 Å². The molecule has 0 unspecified atom stereocenters. The normalized spacial score (nSPS) is 23.5. The molecule has 5 nitrogen and oxygen atoms in total. The highest BCUT2D eigenvalue weighted by Crippen LogP contribution is 2.36. The highest BCUT2D eigenvalue weighted by atomic mass is 32.2. The molecule has 0 bridgehead atoms. The van der Waals surface area contributed by atoms with E-state index in [0.717, 1.165) is 6.29 Å². The maximum atomic E-state index is 12.9. The second-order valence-electron chi connectivity index (χ2n) is 10.5. The van der Waals surface area contributed by atoms with Gasteiger partial charge in [0.05, 0.1) is 20.5 Å². The van der Waals surface area contributed by atoms with E-state index in [1.54, 1.807) is 6.21 Å². The lowest BCUT2D eigenvalue weighted by Crippen LogP contribution is -2.27. The largest absolute Gasteiger partial charge is 0.303 e. The van der Waals surface area contributed by atoms with Gasteiger partial charge in [0.15, 0.2) is 0 Å². The van der Waals surface area contributed by atoms with Crippen molar-refractivity contribution in [1.29, 1.82) is 0 Å². The van der Waals surface area contributed by atoms with Gasteiger partial charge < -0.3 is 4.79 Å². The van der Waals surface area contributed by atoms with Gasteiger partial charge in [-0.15, -0.1) is 0 Å². The molecule has 2 N–H and O–H groups in total. The van der Waals surface area contributed by atoms with Gasteiger partial charge in [-0.25, -0.2) is 26.0 Å². The lowest BCUT2D eigenvalue weighted by Gasteiger charge is -2.25. The van der Waals surface area contributed by atoms with Crippen molar-refractivity contribution >= 4 is 34.5 Å². The van der Waals surface area contributed by atoms with Crippen molar-refractivity contribution in [2.24, 2.45) is 21.4 Å². The number of carbonyl (C=O) groups excluding carboxylic acids is 1. The number of nitrogens with two attached hydrogens (primary N) is 1. The van der Waals surface area contributed by atoms with Crippen molar-refractivity contribution in [1.82, 2.24) is 0 Å². The second kappa shape index (κ2) is 13.4. The lowest BCUT2D eigenvalue weighted by molar-refractivity contribution is -0.115. The third-order valence-electron chi connectivity index (χ3n) is 5.21. The summed E-state index contributed by atoms with van der Waals surface area (Å²) >= 11 is 0. The summed E-state index contributed by atoms with van der Waals surface area (Å²) < 4.78 is 75.8. The average molecular weight is 521 g/mol. The van der Waals surface area contributed by atoms with Gasteiger partial charge in [-0.1, -0.05) is 0 Å². The summed E-state index contributed by atoms with van der Waals surface area (Å²) in [4.78, 5) is 10.1. The zero-order valence-electron chi connectivity index (χ0n) is 20.5. The molecule has 0 aliphatic heterocycles. The Hall–Kier alpha value is -0.680. The first kappa shape index (κ1) is 32.3. The molecule has 11 heteroatoms. The molecule has 2 fully saturated rings. The zero-order valence-corrected chi connectivity index (χ0v) is 22.2. The van der Waals surface area contributed by atoms with Crippen LogP contribution in [-0.4, -0.2) is 42.3 Å². The van der Waals surface area contributed by atoms with Crippen molar-refractivity contribution in [3.05, 3.63) is 0 Å². The minimum Gasteiger partial charge on any atom is -0.303 e. The van der Waals surface area contributed by atoms with Crippen LogP contribution in [0, 0.1) is 11.8 Å². The Morgan fingerprint density at radius 2 is 1.12 bits per heavy atom. The zero-order chi connectivity index (χ0) is 26.1. The molecule has 0 saturated heterocycles. The first-order valence-electron chi connectivity index (χ1n) is 11.1. The molecule has 2 saturated carbocycles. The molecule has 0 spiro atoms. The van der Waals surface area contributed by atoms with Crippen molar-refractivity contribution in [2.75, 3.05) is 0 Å². The Balaban J connectivity index is 0.000000514. The summed E-state index contributed by atoms with van der Waals surface area (Å²) in [6.45, 7) is 11.0. The molecular formula is C22H40F4N2O3S2. The monoisotopic (exact) mass is 520 g/mol. The minimum absolute atomic E-state index is 0.0610. The maximum absolute atomic E-state index is 12.9. The number of nitrogens with zero attached hydrogens (tertiary/aromatic N) is 1. The smallest absolute Gasteiger partial charge is 0.248 e. The van der Waals surface area contributed by atoms with Crippen molar-refractivity contribution in [3.8, 4) is 0 Å². The summed E-state index contributed by atoms with van der Waals surface area (Å²) in [5, 5.41) is 5.04. The van der Waals surface area contributed by atoms with Crippen LogP contribution in [0.25, 0.3) is 0 Å². The van der Waals surface area contributed by atoms with E-state index in [1.807, 2.05) is 41.5 Å². The van der Waals surface area contributed by atoms with Gasteiger partial charge in [0, 0.05) is 37.8 Å². The molecule has 2 atom stereocenters. The molecule has 0 radical (unpaired) electrons. The molecule has 0 aromatic carbocycles. The van der Waals surface area contributed by atoms with E-state index < -0.39 is 33.8 Å². The fourth-order valence-corrected chi connectivity index (χ4v) is 3.31. The first-order chi connectivity index (χ1) is 14.8. The van der Waals surface area contributed by atoms with E-state index in [1.165, 1.54) is 0 Å². The van der Waals surface area contributed by atoms with E-state index in [0.29, 0.717) is 25.7 Å². The molecule has 196 valence electrons. The van der Waals surface area contributed by atoms with Crippen molar-refractivity contribution < 1.29 is 30.8 Å². The number of alkyl halides is 4. The SMILES string of the molecule is CC(C)(C)[S@@](N)=O.CC(C)(C)[S@](=O)N=CC1CCC(F)(F)CC1.O=CC1CCC(F)(F)CC1. The summed E-state index contributed by atoms with van der Waals surface area (Å²) in [6, 6.07) is 0. The molecular weight excluding hydrogens is 480 g/mol. The highest BCUT2D eigenvalue weighted by molar-refractivity contribution is 7.85. The fourth-order valence-electron chi connectivity index (χ4n) is 2.71. The second-order valence-corrected chi connectivity index (χ2v) is 14.3. The standard InChI is InChI=1S/C11H19F2NOS.C7H10F2O.C4H11NOS/c1-10(2,3)16(15)14-8-9-4-6-11(12,13)7-5-9;8-7(9)3-1-6(5-10)2-4-7;1-4(2,3)7(5)6/h8-9H,4-7H2,1-3H3;5-6H,1-4H2;5H2,1-3H3/t16-;;7-/m0.0/s1. The van der Waals surface area contributed by atoms with Gasteiger partial charge in [0.2, 0.25) is 11.8 Å². The molecule has 0 aromatic rings. The van der Waals surface area contributed by atoms with Crippen LogP contribution < -0.4 is 5.14 Å². The molecule has 0 aromatic heterocycles. The molecule has 2 aliphatic carbocycles. The van der Waals surface area contributed by atoms with E-state index >= 15 is 0 Å². The van der Waals surface area contributed by atoms with Crippen molar-refractivity contribution in [2.45, 2.75) is 114 Å². The van der Waals surface area contributed by atoms with Crippen LogP contribution in [0.4, 0.5) is 17.6 Å². The number of aldehydes is 1. The number of carbonyl (C=O) groups is 1. The molecule has 2 aliphatic rings. The third kappa shape index (κ3) is 15.0. The van der Waals surface area contributed by atoms with Crippen LogP contribution in [0.2, 0.25) is 0 Å². The van der Waals surface area contributed by atoms with Crippen LogP contribution in [0.5, 0.6) is 0 Å². The topological polar surface area (TPSA) is 89.6 Å². The molecule has 0 amide bonds. The van der Waals surface area contributed by atoms with E-state index in [9.17, 15) is 30.8 Å². The summed E-state index contributed by atoms with van der Waals surface area (Å²) in [6.07, 6.45) is 3.61. The van der Waals surface area contributed by atoms with E-state index in [2.05, 4.69) is 4.40 Å². The van der Waals surface area contributed by atoms with Crippen LogP contribution >= 0.6 is 0 Å². The van der Waals surface area contributed by atoms with Gasteiger partial charge >= 0.3 is 0 Å². The number of rotatable bonds is 3. The summed E-state index contributed by atoms with van der Waals surface area (Å²) in [5.74, 6) is -5.06. The van der Waals surface area contributed by atoms with Gasteiger partial charge in [-0.05, 0) is 73.1 Å². The quantitative estimate of drug-likeness (QED) is 0.291. The van der Waals surface area contributed by atoms with Crippen LogP contribution in [0.15, 0.2) is 4.40 Å². The number of halogens is 4. The molecule has 33 heavy (non-hydrogen) atoms. The Kier molecular flexibility index (Phi) is 13.1. The molecule has 2 rings (SSSR count). The Labute approximate surface area is 200 Å². The average Bonchev–Trinajstić information content (AvgIpc) is 2.66. The fraction of sp³-hybridized carbons (Fsp3) is 0.909. The predicted molar refractivity (Wildman–Crippen MR) is 128 cm³/mol. The van der Waals surface area contributed by atoms with Crippen molar-refractivity contribution in [3.63, 3.8) is 0 Å². The first-order valence-corrected chi connectivity index (χ1v) is 13.4. The summed E-state index contributed by atoms with van der Waals surface area (Å²) in [7, 11) is -2.46. The Bertz CT molecular complexity index is 670. The third-order valence-corrected chi connectivity index (χ3v) is 7.78. The number of hydrogen-bond donors (Lipinski definition) is 1. The van der Waals surface area contributed by atoms with Gasteiger partial charge in [-0.3, -0.25) is 5.14 Å². The highest BCUT2D eigenvalue weighted by Gasteiger charge is 2.35. The van der Waals surface area contributed by atoms with Crippen LogP contribution in [0.3, 0.4) is 0 Å². The minimum atomic E-state index is -2.51. The predicted octanol–water partition coefficient (Wildman–Crippen LogP) is 5.76. The lowest BCUT2D eigenvalue weighted by atomic mass is 9.88. The van der Waals surface area contributed by atoms with Crippen LogP contribution in [-0.2, 0) is 26.8 Å². The summed E-state index contributed by atoms with van der Waals surface area (Å²) in [5.41, 5.74) is 0. The molecule has 0 heterocycles. The maximum Gasteiger partial charge on any atom is 0.248 e. The Morgan fingerprint density at radius 1 is 0.788 bits per heavy atom. The van der Waals surface area contributed by atoms with E-state index in [-0.39, 0.29) is 47.0 Å². The van der Waals surface area contributed by atoms with Gasteiger partial charge in [-0.2, -0.15) is 4.40 Å².